The van der Waals surface area contributed by atoms with Crippen LogP contribution in [0.1, 0.15) is 12.8 Å². The van der Waals surface area contributed by atoms with E-state index in [2.05, 4.69) is 20.7 Å². The van der Waals surface area contributed by atoms with Gasteiger partial charge in [0, 0.05) is 10.5 Å². The summed E-state index contributed by atoms with van der Waals surface area (Å²) >= 11 is 5.12. The van der Waals surface area contributed by atoms with Crippen molar-refractivity contribution >= 4 is 43.4 Å². The van der Waals surface area contributed by atoms with Crippen LogP contribution in [-0.2, 0) is 10.0 Å². The Balaban J connectivity index is 2.21. The van der Waals surface area contributed by atoms with Crippen LogP contribution in [0, 0.1) is 0 Å². The molecular weight excluding hydrogens is 336 g/mol. The van der Waals surface area contributed by atoms with Gasteiger partial charge in [-0.15, -0.1) is 0 Å². The molecule has 3 N–H and O–H groups in total. The third-order valence-corrected chi connectivity index (χ3v) is 5.93. The van der Waals surface area contributed by atoms with E-state index in [0.717, 1.165) is 24.3 Å². The Morgan fingerprint density at radius 2 is 2.00 bits per heavy atom. The molecule has 0 radical (unpaired) electrons. The van der Waals surface area contributed by atoms with Gasteiger partial charge in [-0.05, 0) is 42.5 Å². The van der Waals surface area contributed by atoms with E-state index in [-0.39, 0.29) is 16.6 Å². The molecule has 7 heteroatoms. The van der Waals surface area contributed by atoms with Crippen molar-refractivity contribution in [1.82, 2.24) is 4.72 Å². The average molecular weight is 351 g/mol. The lowest BCUT2D eigenvalue weighted by molar-refractivity contribution is 0.529. The Bertz CT molecular complexity index is 528. The van der Waals surface area contributed by atoms with E-state index in [0.29, 0.717) is 4.47 Å². The number of nitrogens with one attached hydrogen (secondary N) is 1. The monoisotopic (exact) mass is 350 g/mol. The van der Waals surface area contributed by atoms with E-state index in [1.807, 2.05) is 11.8 Å². The van der Waals surface area contributed by atoms with Crippen molar-refractivity contribution in [3.8, 4) is 0 Å². The third kappa shape index (κ3) is 3.40. The second-order valence-electron chi connectivity index (χ2n) is 4.19. The highest BCUT2D eigenvalue weighted by Crippen LogP contribution is 2.25. The maximum atomic E-state index is 12.3. The number of thioether (sulfide) groups is 1. The summed E-state index contributed by atoms with van der Waals surface area (Å²) in [6.45, 7) is 0. The highest BCUT2D eigenvalue weighted by atomic mass is 79.9. The molecule has 1 aromatic carbocycles. The van der Waals surface area contributed by atoms with E-state index >= 15 is 0 Å². The maximum absolute atomic E-state index is 12.3. The Hall–Kier alpha value is -0.240. The summed E-state index contributed by atoms with van der Waals surface area (Å²) in [5, 5.41) is 0. The van der Waals surface area contributed by atoms with Crippen molar-refractivity contribution in [3.05, 3.63) is 22.7 Å². The molecule has 1 heterocycles. The molecule has 1 aliphatic rings. The van der Waals surface area contributed by atoms with Crippen molar-refractivity contribution in [1.29, 1.82) is 0 Å². The van der Waals surface area contributed by atoms with E-state index in [4.69, 9.17) is 5.73 Å². The summed E-state index contributed by atoms with van der Waals surface area (Å²) < 4.78 is 28.0. The molecule has 18 heavy (non-hydrogen) atoms. The Labute approximate surface area is 120 Å². The van der Waals surface area contributed by atoms with Gasteiger partial charge >= 0.3 is 0 Å². The largest absolute Gasteiger partial charge is 0.398 e. The van der Waals surface area contributed by atoms with Crippen LogP contribution >= 0.6 is 27.7 Å². The smallest absolute Gasteiger partial charge is 0.242 e. The lowest BCUT2D eigenvalue weighted by Crippen LogP contribution is -2.37. The molecule has 0 atom stereocenters. The van der Waals surface area contributed by atoms with E-state index < -0.39 is 10.0 Å². The fraction of sp³-hybridized carbons (Fsp3) is 0.455. The molecule has 1 saturated heterocycles. The number of hydrogen-bond donors (Lipinski definition) is 2. The molecule has 1 aromatic rings. The molecule has 100 valence electrons. The predicted molar refractivity (Wildman–Crippen MR) is 79.2 cm³/mol. The minimum absolute atomic E-state index is 0.0228. The van der Waals surface area contributed by atoms with Crippen molar-refractivity contribution in [3.63, 3.8) is 0 Å². The van der Waals surface area contributed by atoms with Crippen molar-refractivity contribution in [2.45, 2.75) is 23.8 Å². The number of sulfonamides is 1. The van der Waals surface area contributed by atoms with Crippen LogP contribution in [-0.4, -0.2) is 26.0 Å². The minimum Gasteiger partial charge on any atom is -0.398 e. The molecule has 1 fully saturated rings. The molecular formula is C11H15BrN2O2S2. The highest BCUT2D eigenvalue weighted by molar-refractivity contribution is 9.10. The van der Waals surface area contributed by atoms with Gasteiger partial charge in [-0.25, -0.2) is 13.1 Å². The number of rotatable bonds is 3. The second-order valence-corrected chi connectivity index (χ2v) is 8.01. The summed E-state index contributed by atoms with van der Waals surface area (Å²) in [4.78, 5) is 0.148. The zero-order chi connectivity index (χ0) is 13.2. The van der Waals surface area contributed by atoms with Crippen molar-refractivity contribution < 1.29 is 8.42 Å². The number of nitrogens with two attached hydrogens (primary N) is 1. The number of anilines is 1. The minimum atomic E-state index is -3.53. The molecule has 2 rings (SSSR count). The molecule has 0 bridgehead atoms. The first-order valence-corrected chi connectivity index (χ1v) is 9.07. The van der Waals surface area contributed by atoms with E-state index in [1.54, 1.807) is 12.1 Å². The number of nitrogen functional groups attached to an aromatic ring is 1. The normalized spacial score (nSPS) is 17.8. The van der Waals surface area contributed by atoms with Gasteiger partial charge < -0.3 is 5.73 Å². The van der Waals surface area contributed by atoms with Gasteiger partial charge in [-0.3, -0.25) is 0 Å². The molecule has 0 unspecified atom stereocenters. The predicted octanol–water partition coefficient (Wildman–Crippen LogP) is 2.21. The summed E-state index contributed by atoms with van der Waals surface area (Å²) in [6, 6.07) is 4.88. The fourth-order valence-corrected chi connectivity index (χ4v) is 4.92. The van der Waals surface area contributed by atoms with E-state index in [9.17, 15) is 8.42 Å². The molecule has 0 aliphatic carbocycles. The Morgan fingerprint density at radius 3 is 2.67 bits per heavy atom. The molecule has 0 aromatic heterocycles. The summed E-state index contributed by atoms with van der Waals surface area (Å²) in [7, 11) is -3.53. The van der Waals surface area contributed by atoms with Gasteiger partial charge in [-0.2, -0.15) is 11.8 Å². The first-order chi connectivity index (χ1) is 8.49. The lowest BCUT2D eigenvalue weighted by atomic mass is 10.2. The van der Waals surface area contributed by atoms with Crippen LogP contribution < -0.4 is 10.5 Å². The third-order valence-electron chi connectivity index (χ3n) is 2.81. The molecule has 0 amide bonds. The van der Waals surface area contributed by atoms with Crippen LogP contribution in [0.4, 0.5) is 5.69 Å². The first kappa shape index (κ1) is 14.2. The van der Waals surface area contributed by atoms with Gasteiger partial charge in [0.05, 0.1) is 5.69 Å². The first-order valence-electron chi connectivity index (χ1n) is 5.64. The van der Waals surface area contributed by atoms with Gasteiger partial charge in [0.25, 0.3) is 0 Å². The molecule has 0 spiro atoms. The SMILES string of the molecule is Nc1ccc(Br)cc1S(=O)(=O)NC1CCSCC1. The van der Waals surface area contributed by atoms with E-state index in [1.165, 1.54) is 6.07 Å². The van der Waals surface area contributed by atoms with Crippen molar-refractivity contribution in [2.24, 2.45) is 0 Å². The quantitative estimate of drug-likeness (QED) is 0.819. The van der Waals surface area contributed by atoms with Gasteiger partial charge in [-0.1, -0.05) is 15.9 Å². The zero-order valence-corrected chi connectivity index (χ0v) is 12.9. The summed E-state index contributed by atoms with van der Waals surface area (Å²) in [6.07, 6.45) is 1.75. The number of hydrogen-bond acceptors (Lipinski definition) is 4. The average Bonchev–Trinajstić information content (AvgIpc) is 2.33. The van der Waals surface area contributed by atoms with Crippen LogP contribution in [0.2, 0.25) is 0 Å². The van der Waals surface area contributed by atoms with Crippen molar-refractivity contribution in [2.75, 3.05) is 17.2 Å². The molecule has 4 nitrogen and oxygen atoms in total. The zero-order valence-electron chi connectivity index (χ0n) is 9.73. The van der Waals surface area contributed by atoms with Crippen LogP contribution in [0.25, 0.3) is 0 Å². The summed E-state index contributed by atoms with van der Waals surface area (Å²) in [5.74, 6) is 2.00. The van der Waals surface area contributed by atoms with Crippen LogP contribution in [0.15, 0.2) is 27.6 Å². The Morgan fingerprint density at radius 1 is 1.33 bits per heavy atom. The van der Waals surface area contributed by atoms with Crippen LogP contribution in [0.5, 0.6) is 0 Å². The lowest BCUT2D eigenvalue weighted by Gasteiger charge is -2.22. The standard InChI is InChI=1S/C11H15BrN2O2S2/c12-8-1-2-10(13)11(7-8)18(15,16)14-9-3-5-17-6-4-9/h1-2,7,9,14H,3-6,13H2. The molecule has 0 saturated carbocycles. The van der Waals surface area contributed by atoms with Gasteiger partial charge in [0.2, 0.25) is 10.0 Å². The summed E-state index contributed by atoms with van der Waals surface area (Å²) in [5.41, 5.74) is 6.01. The second kappa shape index (κ2) is 5.81. The molecule has 1 aliphatic heterocycles. The number of benzene rings is 1. The fourth-order valence-electron chi connectivity index (χ4n) is 1.84. The number of halogens is 1. The van der Waals surface area contributed by atoms with Gasteiger partial charge in [0.1, 0.15) is 4.90 Å². The Kier molecular flexibility index (Phi) is 4.58. The van der Waals surface area contributed by atoms with Crippen LogP contribution in [0.3, 0.4) is 0 Å². The topological polar surface area (TPSA) is 72.2 Å². The highest BCUT2D eigenvalue weighted by Gasteiger charge is 2.23. The maximum Gasteiger partial charge on any atom is 0.242 e. The van der Waals surface area contributed by atoms with Gasteiger partial charge in [0.15, 0.2) is 0 Å².